The van der Waals surface area contributed by atoms with Gasteiger partial charge in [0.1, 0.15) is 11.8 Å². The number of para-hydroxylation sites is 2. The molecule has 0 fully saturated rings. The van der Waals surface area contributed by atoms with Crippen molar-refractivity contribution >= 4 is 51.5 Å². The molecule has 0 saturated heterocycles. The third kappa shape index (κ3) is 6.88. The number of nitrogen functional groups attached to an aromatic ring is 1. The van der Waals surface area contributed by atoms with Gasteiger partial charge in [0.2, 0.25) is 5.91 Å². The molecule has 0 spiro atoms. The van der Waals surface area contributed by atoms with Gasteiger partial charge >= 0.3 is 0 Å². The number of ether oxygens (including phenoxy) is 1. The summed E-state index contributed by atoms with van der Waals surface area (Å²) in [6.07, 6.45) is 4.89. The molecular formula is C33H29N5O3. The maximum absolute atomic E-state index is 13.5. The monoisotopic (exact) mass is 543 g/mol. The summed E-state index contributed by atoms with van der Waals surface area (Å²) in [6.45, 7) is 0. The lowest BCUT2D eigenvalue weighted by Gasteiger charge is -2.21. The van der Waals surface area contributed by atoms with Crippen molar-refractivity contribution in [2.75, 3.05) is 28.8 Å². The van der Waals surface area contributed by atoms with Gasteiger partial charge in [0, 0.05) is 29.0 Å². The largest absolute Gasteiger partial charge is 0.497 e. The van der Waals surface area contributed by atoms with E-state index in [1.807, 2.05) is 54.6 Å². The van der Waals surface area contributed by atoms with Crippen LogP contribution >= 0.6 is 0 Å². The Kier molecular flexibility index (Phi) is 8.21. The lowest BCUT2D eigenvalue weighted by Crippen LogP contribution is -2.27. The van der Waals surface area contributed by atoms with Crippen LogP contribution in [-0.2, 0) is 9.59 Å². The molecule has 0 radical (unpaired) electrons. The number of hydrogen-bond donors (Lipinski definition) is 4. The van der Waals surface area contributed by atoms with E-state index in [1.165, 1.54) is 6.08 Å². The highest BCUT2D eigenvalue weighted by atomic mass is 16.5. The number of fused-ring (bicyclic) bond motifs is 1. The van der Waals surface area contributed by atoms with Crippen LogP contribution in [-0.4, -0.2) is 23.9 Å². The molecule has 1 unspecified atom stereocenters. The van der Waals surface area contributed by atoms with Gasteiger partial charge in [-0.1, -0.05) is 42.5 Å². The molecule has 0 aliphatic carbocycles. The van der Waals surface area contributed by atoms with E-state index < -0.39 is 6.04 Å². The molecule has 8 heteroatoms. The summed E-state index contributed by atoms with van der Waals surface area (Å²) in [4.78, 5) is 30.3. The smallest absolute Gasteiger partial charge is 0.251 e. The molecule has 2 amide bonds. The highest BCUT2D eigenvalue weighted by Crippen LogP contribution is 2.26. The number of aromatic nitrogens is 1. The molecule has 204 valence electrons. The molecule has 4 aromatic carbocycles. The zero-order chi connectivity index (χ0) is 28.6. The molecule has 1 aromatic heterocycles. The normalized spacial score (nSPS) is 11.6. The van der Waals surface area contributed by atoms with E-state index in [4.69, 9.17) is 10.5 Å². The number of carbonyl (C=O) groups is 2. The molecule has 8 nitrogen and oxygen atoms in total. The van der Waals surface area contributed by atoms with Gasteiger partial charge in [-0.25, -0.2) is 0 Å². The van der Waals surface area contributed by atoms with Gasteiger partial charge in [-0.15, -0.1) is 0 Å². The predicted molar refractivity (Wildman–Crippen MR) is 165 cm³/mol. The van der Waals surface area contributed by atoms with Crippen LogP contribution in [0.2, 0.25) is 0 Å². The number of nitrogens with two attached hydrogens (primary N) is 1. The van der Waals surface area contributed by atoms with Gasteiger partial charge in [0.05, 0.1) is 24.0 Å². The summed E-state index contributed by atoms with van der Waals surface area (Å²) in [5.41, 5.74) is 10.8. The standard InChI is InChI=1S/C33H29N5O3/c1-41-27-16-13-25(14-17-27)37-33(40)32(36-26-15-18-29-24(21-26)5-4-20-35-29)23-11-8-22(9-12-23)10-19-31(39)38-30-7-3-2-6-28(30)34/h2-21,32,36H,34H2,1H3,(H,37,40)(H,38,39). The number of hydrogen-bond acceptors (Lipinski definition) is 6. The van der Waals surface area contributed by atoms with Gasteiger partial charge in [0.25, 0.3) is 5.91 Å². The SMILES string of the molecule is COc1ccc(NC(=O)C(Nc2ccc3ncccc3c2)c2ccc(C=CC(=O)Nc3ccccc3N)cc2)cc1. The first-order valence-electron chi connectivity index (χ1n) is 13.0. The number of amides is 2. The molecule has 1 heterocycles. The van der Waals surface area contributed by atoms with Crippen molar-refractivity contribution in [1.82, 2.24) is 4.98 Å². The van der Waals surface area contributed by atoms with Crippen molar-refractivity contribution in [3.8, 4) is 5.75 Å². The summed E-state index contributed by atoms with van der Waals surface area (Å²) in [6, 6.07) is 30.6. The number of pyridine rings is 1. The van der Waals surface area contributed by atoms with Crippen LogP contribution < -0.4 is 26.4 Å². The van der Waals surface area contributed by atoms with Gasteiger partial charge < -0.3 is 26.4 Å². The van der Waals surface area contributed by atoms with Crippen LogP contribution in [0.25, 0.3) is 17.0 Å². The van der Waals surface area contributed by atoms with Crippen LogP contribution in [0, 0.1) is 0 Å². The maximum Gasteiger partial charge on any atom is 0.251 e. The van der Waals surface area contributed by atoms with E-state index in [9.17, 15) is 9.59 Å². The summed E-state index contributed by atoms with van der Waals surface area (Å²) >= 11 is 0. The Hall–Kier alpha value is -5.63. The van der Waals surface area contributed by atoms with Crippen LogP contribution in [0.3, 0.4) is 0 Å². The van der Waals surface area contributed by atoms with Crippen molar-refractivity contribution in [3.05, 3.63) is 127 Å². The molecule has 0 aliphatic rings. The molecule has 0 bridgehead atoms. The Balaban J connectivity index is 1.35. The number of rotatable bonds is 9. The zero-order valence-electron chi connectivity index (χ0n) is 22.4. The molecule has 5 N–H and O–H groups in total. The molecule has 0 aliphatic heterocycles. The fraction of sp³-hybridized carbons (Fsp3) is 0.0606. The van der Waals surface area contributed by atoms with Crippen molar-refractivity contribution in [2.45, 2.75) is 6.04 Å². The predicted octanol–water partition coefficient (Wildman–Crippen LogP) is 6.27. The highest BCUT2D eigenvalue weighted by Gasteiger charge is 2.21. The van der Waals surface area contributed by atoms with E-state index in [2.05, 4.69) is 20.9 Å². The minimum absolute atomic E-state index is 0.232. The van der Waals surface area contributed by atoms with Crippen molar-refractivity contribution in [1.29, 1.82) is 0 Å². The quantitative estimate of drug-likeness (QED) is 0.129. The van der Waals surface area contributed by atoms with Gasteiger partial charge in [-0.3, -0.25) is 14.6 Å². The Labute approximate surface area is 237 Å². The second-order valence-electron chi connectivity index (χ2n) is 9.28. The first kappa shape index (κ1) is 27.0. The average molecular weight is 544 g/mol. The second kappa shape index (κ2) is 12.5. The first-order chi connectivity index (χ1) is 20.0. The number of benzene rings is 4. The minimum atomic E-state index is -0.700. The molecule has 5 rings (SSSR count). The molecule has 1 atom stereocenters. The van der Waals surface area contributed by atoms with Crippen LogP contribution in [0.4, 0.5) is 22.7 Å². The third-order valence-corrected chi connectivity index (χ3v) is 6.45. The summed E-state index contributed by atoms with van der Waals surface area (Å²) in [7, 11) is 1.59. The fourth-order valence-electron chi connectivity index (χ4n) is 4.28. The number of carbonyl (C=O) groups excluding carboxylic acids is 2. The van der Waals surface area contributed by atoms with E-state index in [0.717, 1.165) is 27.7 Å². The van der Waals surface area contributed by atoms with Crippen LogP contribution in [0.15, 0.2) is 115 Å². The number of methoxy groups -OCH3 is 1. The molecule has 41 heavy (non-hydrogen) atoms. The lowest BCUT2D eigenvalue weighted by molar-refractivity contribution is -0.117. The summed E-state index contributed by atoms with van der Waals surface area (Å²) in [5.74, 6) is 0.174. The van der Waals surface area contributed by atoms with E-state index in [0.29, 0.717) is 22.8 Å². The Morgan fingerprint density at radius 3 is 2.37 bits per heavy atom. The van der Waals surface area contributed by atoms with Crippen LogP contribution in [0.1, 0.15) is 17.2 Å². The fourth-order valence-corrected chi connectivity index (χ4v) is 4.28. The van der Waals surface area contributed by atoms with E-state index in [1.54, 1.807) is 67.9 Å². The van der Waals surface area contributed by atoms with Crippen LogP contribution in [0.5, 0.6) is 5.75 Å². The maximum atomic E-state index is 13.5. The third-order valence-electron chi connectivity index (χ3n) is 6.45. The average Bonchev–Trinajstić information content (AvgIpc) is 3.00. The van der Waals surface area contributed by atoms with Crippen molar-refractivity contribution in [2.24, 2.45) is 0 Å². The summed E-state index contributed by atoms with van der Waals surface area (Å²) < 4.78 is 5.22. The Bertz CT molecular complexity index is 1700. The van der Waals surface area contributed by atoms with E-state index in [-0.39, 0.29) is 11.8 Å². The van der Waals surface area contributed by atoms with Gasteiger partial charge in [0.15, 0.2) is 0 Å². The van der Waals surface area contributed by atoms with Gasteiger partial charge in [-0.2, -0.15) is 0 Å². The first-order valence-corrected chi connectivity index (χ1v) is 13.0. The van der Waals surface area contributed by atoms with Gasteiger partial charge in [-0.05, 0) is 77.9 Å². The summed E-state index contributed by atoms with van der Waals surface area (Å²) in [5, 5.41) is 10.1. The number of nitrogens with zero attached hydrogens (tertiary/aromatic N) is 1. The Morgan fingerprint density at radius 2 is 1.61 bits per heavy atom. The number of anilines is 4. The lowest BCUT2D eigenvalue weighted by atomic mass is 10.0. The zero-order valence-corrected chi connectivity index (χ0v) is 22.4. The second-order valence-corrected chi connectivity index (χ2v) is 9.28. The minimum Gasteiger partial charge on any atom is -0.497 e. The molecule has 5 aromatic rings. The highest BCUT2D eigenvalue weighted by molar-refractivity contribution is 6.03. The van der Waals surface area contributed by atoms with Crippen molar-refractivity contribution < 1.29 is 14.3 Å². The Morgan fingerprint density at radius 1 is 0.854 bits per heavy atom. The van der Waals surface area contributed by atoms with Crippen molar-refractivity contribution in [3.63, 3.8) is 0 Å². The topological polar surface area (TPSA) is 118 Å². The molecular weight excluding hydrogens is 514 g/mol. The number of nitrogens with one attached hydrogen (secondary N) is 3. The van der Waals surface area contributed by atoms with E-state index >= 15 is 0 Å². The molecule has 0 saturated carbocycles.